The van der Waals surface area contributed by atoms with Gasteiger partial charge in [-0.3, -0.25) is 20.5 Å². The fourth-order valence-electron chi connectivity index (χ4n) is 4.17. The Kier molecular flexibility index (Phi) is 6.08. The van der Waals surface area contributed by atoms with Gasteiger partial charge in [0.2, 0.25) is 15.9 Å². The van der Waals surface area contributed by atoms with E-state index in [4.69, 9.17) is 0 Å². The van der Waals surface area contributed by atoms with Crippen molar-refractivity contribution in [2.75, 3.05) is 32.7 Å². The molecule has 4 rings (SSSR count). The van der Waals surface area contributed by atoms with Crippen molar-refractivity contribution in [1.29, 1.82) is 0 Å². The van der Waals surface area contributed by atoms with Crippen LogP contribution in [-0.2, 0) is 14.8 Å². The Balaban J connectivity index is 1.34. The van der Waals surface area contributed by atoms with Gasteiger partial charge in [0.25, 0.3) is 0 Å². The molecule has 2 aliphatic heterocycles. The normalized spacial score (nSPS) is 26.1. The average molecular weight is 432 g/mol. The second kappa shape index (κ2) is 8.60. The highest BCUT2D eigenvalue weighted by molar-refractivity contribution is 7.89. The fraction of sp³-hybridized carbons (Fsp3) is 0.476. The molecule has 2 aromatic carbocycles. The van der Waals surface area contributed by atoms with E-state index in [-0.39, 0.29) is 30.6 Å². The second-order valence-electron chi connectivity index (χ2n) is 8.15. The molecular formula is C21H29N5O3S. The highest BCUT2D eigenvalue weighted by Gasteiger charge is 2.32. The Labute approximate surface area is 177 Å². The van der Waals surface area contributed by atoms with Crippen molar-refractivity contribution >= 4 is 26.7 Å². The zero-order valence-corrected chi connectivity index (χ0v) is 18.2. The second-order valence-corrected chi connectivity index (χ2v) is 10.1. The standard InChI is InChI=1S/C21H29N5O3S/c1-15-21(16(2)24-23-15)22-20(27)14-25-9-11-26(12-10-25)30(28,29)19-8-7-17-5-3-4-6-18(17)13-19/h3-8,13,15-16,21,23-24H,9-12,14H2,1-2H3,(H,22,27). The van der Waals surface area contributed by atoms with Crippen molar-refractivity contribution in [3.63, 3.8) is 0 Å². The molecule has 0 bridgehead atoms. The van der Waals surface area contributed by atoms with Gasteiger partial charge in [-0.15, -0.1) is 0 Å². The first-order valence-electron chi connectivity index (χ1n) is 10.4. The fourth-order valence-corrected chi connectivity index (χ4v) is 5.62. The first kappa shape index (κ1) is 21.2. The Hall–Kier alpha value is -2.04. The van der Waals surface area contributed by atoms with Crippen molar-refractivity contribution < 1.29 is 13.2 Å². The Bertz CT molecular complexity index is 1010. The van der Waals surface area contributed by atoms with E-state index in [0.717, 1.165) is 10.8 Å². The summed E-state index contributed by atoms with van der Waals surface area (Å²) in [6, 6.07) is 13.3. The first-order valence-corrected chi connectivity index (χ1v) is 11.8. The van der Waals surface area contributed by atoms with Gasteiger partial charge in [0.1, 0.15) is 0 Å². The third-order valence-electron chi connectivity index (χ3n) is 6.00. The maximum atomic E-state index is 13.1. The number of fused-ring (bicyclic) bond motifs is 1. The van der Waals surface area contributed by atoms with Crippen LogP contribution < -0.4 is 16.2 Å². The highest BCUT2D eigenvalue weighted by atomic mass is 32.2. The summed E-state index contributed by atoms with van der Waals surface area (Å²) >= 11 is 0. The van der Waals surface area contributed by atoms with Crippen LogP contribution in [0.4, 0.5) is 0 Å². The Morgan fingerprint density at radius 1 is 1.00 bits per heavy atom. The lowest BCUT2D eigenvalue weighted by Crippen LogP contribution is -2.53. The van der Waals surface area contributed by atoms with E-state index < -0.39 is 10.0 Å². The van der Waals surface area contributed by atoms with Gasteiger partial charge in [0, 0.05) is 38.3 Å². The molecule has 0 spiro atoms. The molecule has 0 aliphatic carbocycles. The van der Waals surface area contributed by atoms with Crippen LogP contribution in [0.3, 0.4) is 0 Å². The van der Waals surface area contributed by atoms with Crippen LogP contribution in [0.5, 0.6) is 0 Å². The maximum absolute atomic E-state index is 13.1. The lowest BCUT2D eigenvalue weighted by Gasteiger charge is -2.34. The number of nitrogens with zero attached hydrogens (tertiary/aromatic N) is 2. The monoisotopic (exact) mass is 431 g/mol. The molecule has 0 aromatic heterocycles. The molecule has 2 aliphatic rings. The van der Waals surface area contributed by atoms with E-state index in [1.807, 2.05) is 49.1 Å². The number of nitrogens with one attached hydrogen (secondary N) is 3. The zero-order valence-electron chi connectivity index (χ0n) is 17.3. The van der Waals surface area contributed by atoms with E-state index in [1.54, 1.807) is 12.1 Å². The minimum atomic E-state index is -3.55. The van der Waals surface area contributed by atoms with Crippen molar-refractivity contribution in [2.24, 2.45) is 0 Å². The van der Waals surface area contributed by atoms with Gasteiger partial charge in [-0.2, -0.15) is 4.31 Å². The van der Waals surface area contributed by atoms with Gasteiger partial charge in [-0.25, -0.2) is 8.42 Å². The summed E-state index contributed by atoms with van der Waals surface area (Å²) in [7, 11) is -3.55. The van der Waals surface area contributed by atoms with Gasteiger partial charge in [0.05, 0.1) is 17.5 Å². The number of hydrogen-bond acceptors (Lipinski definition) is 6. The molecule has 1 amide bonds. The van der Waals surface area contributed by atoms with Crippen LogP contribution in [0.15, 0.2) is 47.4 Å². The number of amides is 1. The van der Waals surface area contributed by atoms with E-state index in [0.29, 0.717) is 31.1 Å². The third-order valence-corrected chi connectivity index (χ3v) is 7.90. The molecule has 2 heterocycles. The number of sulfonamides is 1. The molecule has 0 radical (unpaired) electrons. The molecule has 162 valence electrons. The molecular weight excluding hydrogens is 402 g/mol. The highest BCUT2D eigenvalue weighted by Crippen LogP contribution is 2.22. The number of carbonyl (C=O) groups is 1. The van der Waals surface area contributed by atoms with E-state index in [2.05, 4.69) is 16.2 Å². The van der Waals surface area contributed by atoms with E-state index >= 15 is 0 Å². The van der Waals surface area contributed by atoms with Gasteiger partial charge in [-0.1, -0.05) is 30.3 Å². The summed E-state index contributed by atoms with van der Waals surface area (Å²) in [5.74, 6) is -0.0324. The van der Waals surface area contributed by atoms with E-state index in [9.17, 15) is 13.2 Å². The topological polar surface area (TPSA) is 93.8 Å². The predicted molar refractivity (Wildman–Crippen MR) is 116 cm³/mol. The number of hydrazine groups is 1. The lowest BCUT2D eigenvalue weighted by atomic mass is 10.1. The Morgan fingerprint density at radius 3 is 2.30 bits per heavy atom. The van der Waals surface area contributed by atoms with Gasteiger partial charge < -0.3 is 5.32 Å². The first-order chi connectivity index (χ1) is 14.3. The molecule has 2 aromatic rings. The summed E-state index contributed by atoms with van der Waals surface area (Å²) < 4.78 is 27.7. The summed E-state index contributed by atoms with van der Waals surface area (Å²) in [6.45, 7) is 6.15. The zero-order chi connectivity index (χ0) is 21.3. The molecule has 3 N–H and O–H groups in total. The van der Waals surface area contributed by atoms with Crippen LogP contribution in [-0.4, -0.2) is 74.4 Å². The Morgan fingerprint density at radius 2 is 1.63 bits per heavy atom. The molecule has 9 heteroatoms. The minimum Gasteiger partial charge on any atom is -0.349 e. The lowest BCUT2D eigenvalue weighted by molar-refractivity contribution is -0.123. The van der Waals surface area contributed by atoms with Crippen LogP contribution in [0.25, 0.3) is 10.8 Å². The number of piperazine rings is 1. The van der Waals surface area contributed by atoms with Crippen LogP contribution in [0, 0.1) is 0 Å². The number of carbonyl (C=O) groups excluding carboxylic acids is 1. The molecule has 0 saturated carbocycles. The summed E-state index contributed by atoms with van der Waals surface area (Å²) in [6.07, 6.45) is 0. The molecule has 2 saturated heterocycles. The summed E-state index contributed by atoms with van der Waals surface area (Å²) in [4.78, 5) is 14.8. The largest absolute Gasteiger partial charge is 0.349 e. The summed E-state index contributed by atoms with van der Waals surface area (Å²) in [5, 5.41) is 5.00. The van der Waals surface area contributed by atoms with Crippen molar-refractivity contribution in [3.8, 4) is 0 Å². The van der Waals surface area contributed by atoms with Gasteiger partial charge in [-0.05, 0) is 36.8 Å². The molecule has 30 heavy (non-hydrogen) atoms. The van der Waals surface area contributed by atoms with E-state index in [1.165, 1.54) is 4.31 Å². The predicted octanol–water partition coefficient (Wildman–Crippen LogP) is 0.516. The van der Waals surface area contributed by atoms with Gasteiger partial charge >= 0.3 is 0 Å². The van der Waals surface area contributed by atoms with Gasteiger partial charge in [0.15, 0.2) is 0 Å². The third kappa shape index (κ3) is 4.35. The van der Waals surface area contributed by atoms with Crippen LogP contribution in [0.1, 0.15) is 13.8 Å². The molecule has 8 nitrogen and oxygen atoms in total. The quantitative estimate of drug-likeness (QED) is 0.639. The maximum Gasteiger partial charge on any atom is 0.243 e. The number of benzene rings is 2. The van der Waals surface area contributed by atoms with Crippen LogP contribution >= 0.6 is 0 Å². The smallest absolute Gasteiger partial charge is 0.243 e. The van der Waals surface area contributed by atoms with Crippen molar-refractivity contribution in [3.05, 3.63) is 42.5 Å². The summed E-state index contributed by atoms with van der Waals surface area (Å²) in [5.41, 5.74) is 6.25. The SMILES string of the molecule is CC1NNC(C)C1NC(=O)CN1CCN(S(=O)(=O)c2ccc3ccccc3c2)CC1. The van der Waals surface area contributed by atoms with Crippen molar-refractivity contribution in [1.82, 2.24) is 25.4 Å². The molecule has 2 unspecified atom stereocenters. The molecule has 2 fully saturated rings. The minimum absolute atomic E-state index is 0.0324. The average Bonchev–Trinajstić information content (AvgIpc) is 3.05. The molecule has 2 atom stereocenters. The van der Waals surface area contributed by atoms with Crippen LogP contribution in [0.2, 0.25) is 0 Å². The van der Waals surface area contributed by atoms with Crippen molar-refractivity contribution in [2.45, 2.75) is 36.9 Å². The number of hydrogen-bond donors (Lipinski definition) is 3. The number of rotatable bonds is 5.